The van der Waals surface area contributed by atoms with Gasteiger partial charge in [0, 0.05) is 17.8 Å². The first-order valence-electron chi connectivity index (χ1n) is 6.06. The first-order valence-corrected chi connectivity index (χ1v) is 6.06. The fraction of sp³-hybridized carbons (Fsp3) is 0. The number of nitrogens with zero attached hydrogens (tertiary/aromatic N) is 1. The van der Waals surface area contributed by atoms with Crippen molar-refractivity contribution in [1.29, 1.82) is 0 Å². The first-order chi connectivity index (χ1) is 8.90. The Balaban J connectivity index is 2.20. The van der Waals surface area contributed by atoms with Crippen molar-refractivity contribution in [3.63, 3.8) is 0 Å². The molecule has 0 aliphatic rings. The van der Waals surface area contributed by atoms with Crippen LogP contribution < -0.4 is 0 Å². The highest BCUT2D eigenvalue weighted by Crippen LogP contribution is 2.26. The Morgan fingerprint density at radius 1 is 0.556 bits per heavy atom. The minimum atomic E-state index is 1.19. The summed E-state index contributed by atoms with van der Waals surface area (Å²) in [4.78, 5) is 4.18. The van der Waals surface area contributed by atoms with E-state index in [9.17, 15) is 0 Å². The largest absolute Gasteiger partial charge is 0.264 e. The van der Waals surface area contributed by atoms with Crippen LogP contribution in [0.4, 0.5) is 0 Å². The Hall–Kier alpha value is -2.41. The number of benzene rings is 3. The lowest BCUT2D eigenvalue weighted by Crippen LogP contribution is -1.79. The maximum Gasteiger partial charge on any atom is 0.0346 e. The van der Waals surface area contributed by atoms with Crippen molar-refractivity contribution in [3.05, 3.63) is 67.0 Å². The van der Waals surface area contributed by atoms with E-state index in [1.165, 1.54) is 32.3 Å². The van der Waals surface area contributed by atoms with Gasteiger partial charge in [0.15, 0.2) is 0 Å². The molecule has 0 unspecified atom stereocenters. The van der Waals surface area contributed by atoms with Crippen LogP contribution in [0, 0.1) is 0 Å². The van der Waals surface area contributed by atoms with Crippen molar-refractivity contribution < 1.29 is 0 Å². The van der Waals surface area contributed by atoms with Crippen molar-refractivity contribution in [3.8, 4) is 0 Å². The molecule has 3 aromatic carbocycles. The maximum absolute atomic E-state index is 4.18. The molecule has 4 aromatic rings. The third-order valence-electron chi connectivity index (χ3n) is 3.46. The van der Waals surface area contributed by atoms with Crippen molar-refractivity contribution >= 4 is 32.3 Å². The lowest BCUT2D eigenvalue weighted by Gasteiger charge is -2.04. The molecule has 1 heteroatoms. The zero-order chi connectivity index (χ0) is 11.9. The molecule has 0 bridgehead atoms. The van der Waals surface area contributed by atoms with Gasteiger partial charge in [-0.1, -0.05) is 24.3 Å². The topological polar surface area (TPSA) is 12.9 Å². The van der Waals surface area contributed by atoms with Gasteiger partial charge in [-0.2, -0.15) is 0 Å². The average Bonchev–Trinajstić information content (AvgIpc) is 2.42. The molecule has 0 N–H and O–H groups in total. The van der Waals surface area contributed by atoms with Crippen molar-refractivity contribution in [1.82, 2.24) is 4.98 Å². The molecule has 84 valence electrons. The van der Waals surface area contributed by atoms with E-state index in [2.05, 4.69) is 59.6 Å². The van der Waals surface area contributed by atoms with Crippen molar-refractivity contribution in [2.45, 2.75) is 0 Å². The fourth-order valence-corrected chi connectivity index (χ4v) is 2.53. The summed E-state index contributed by atoms with van der Waals surface area (Å²) < 4.78 is 0. The van der Waals surface area contributed by atoms with E-state index in [-0.39, 0.29) is 0 Å². The van der Waals surface area contributed by atoms with E-state index >= 15 is 0 Å². The average molecular weight is 229 g/mol. The normalized spacial score (nSPS) is 11.3. The van der Waals surface area contributed by atoms with E-state index in [0.717, 1.165) is 0 Å². The molecule has 4 rings (SSSR count). The minimum Gasteiger partial charge on any atom is -0.264 e. The van der Waals surface area contributed by atoms with Crippen LogP contribution in [0.2, 0.25) is 0 Å². The summed E-state index contributed by atoms with van der Waals surface area (Å²) in [6.45, 7) is 0. The van der Waals surface area contributed by atoms with E-state index in [4.69, 9.17) is 0 Å². The van der Waals surface area contributed by atoms with Crippen LogP contribution in [0.1, 0.15) is 0 Å². The standard InChI is InChI=1S/C17H11N/c1-2-4-13-8-16-10-17-11-18-6-5-14(17)9-15(16)7-12(13)3-1/h1-11H. The summed E-state index contributed by atoms with van der Waals surface area (Å²) in [5.74, 6) is 0. The van der Waals surface area contributed by atoms with Crippen LogP contribution in [0.5, 0.6) is 0 Å². The van der Waals surface area contributed by atoms with Gasteiger partial charge in [0.1, 0.15) is 0 Å². The van der Waals surface area contributed by atoms with E-state index < -0.39 is 0 Å². The van der Waals surface area contributed by atoms with Crippen LogP contribution in [-0.2, 0) is 0 Å². The molecule has 0 saturated carbocycles. The van der Waals surface area contributed by atoms with Gasteiger partial charge in [-0.15, -0.1) is 0 Å². The van der Waals surface area contributed by atoms with Crippen LogP contribution in [-0.4, -0.2) is 4.98 Å². The number of fused-ring (bicyclic) bond motifs is 3. The second-order valence-corrected chi connectivity index (χ2v) is 4.62. The van der Waals surface area contributed by atoms with E-state index in [1.54, 1.807) is 0 Å². The molecule has 0 saturated heterocycles. The van der Waals surface area contributed by atoms with Gasteiger partial charge in [0.25, 0.3) is 0 Å². The summed E-state index contributed by atoms with van der Waals surface area (Å²) in [7, 11) is 0. The van der Waals surface area contributed by atoms with Gasteiger partial charge < -0.3 is 0 Å². The molecule has 0 aliphatic heterocycles. The molecule has 1 aromatic heterocycles. The van der Waals surface area contributed by atoms with Crippen LogP contribution in [0.3, 0.4) is 0 Å². The van der Waals surface area contributed by atoms with Crippen LogP contribution in [0.25, 0.3) is 32.3 Å². The molecule has 0 aliphatic carbocycles. The van der Waals surface area contributed by atoms with Crippen molar-refractivity contribution in [2.24, 2.45) is 0 Å². The fourth-order valence-electron chi connectivity index (χ4n) is 2.53. The highest BCUT2D eigenvalue weighted by molar-refractivity contribution is 6.04. The quantitative estimate of drug-likeness (QED) is 0.403. The number of hydrogen-bond donors (Lipinski definition) is 0. The molecular formula is C17H11N. The second kappa shape index (κ2) is 3.54. The number of rotatable bonds is 0. The molecule has 0 fully saturated rings. The second-order valence-electron chi connectivity index (χ2n) is 4.62. The molecule has 0 amide bonds. The maximum atomic E-state index is 4.18. The Morgan fingerprint density at radius 3 is 1.78 bits per heavy atom. The monoisotopic (exact) mass is 229 g/mol. The van der Waals surface area contributed by atoms with E-state index in [1.807, 2.05) is 12.4 Å². The third kappa shape index (κ3) is 1.37. The molecule has 0 radical (unpaired) electrons. The number of aromatic nitrogens is 1. The highest BCUT2D eigenvalue weighted by atomic mass is 14.6. The number of pyridine rings is 1. The summed E-state index contributed by atoms with van der Waals surface area (Å²) >= 11 is 0. The summed E-state index contributed by atoms with van der Waals surface area (Å²) in [5.41, 5.74) is 0. The minimum absolute atomic E-state index is 1.19. The molecule has 18 heavy (non-hydrogen) atoms. The van der Waals surface area contributed by atoms with Gasteiger partial charge in [0.2, 0.25) is 0 Å². The third-order valence-corrected chi connectivity index (χ3v) is 3.46. The molecular weight excluding hydrogens is 218 g/mol. The summed E-state index contributed by atoms with van der Waals surface area (Å²) in [6.07, 6.45) is 3.76. The summed E-state index contributed by atoms with van der Waals surface area (Å²) in [5, 5.41) is 7.57. The SMILES string of the molecule is c1ccc2cc3cc4cnccc4cc3cc2c1. The predicted octanol–water partition coefficient (Wildman–Crippen LogP) is 4.54. The lowest BCUT2D eigenvalue weighted by atomic mass is 10.0. The zero-order valence-electron chi connectivity index (χ0n) is 9.80. The zero-order valence-corrected chi connectivity index (χ0v) is 9.80. The Labute approximate surface area is 105 Å². The lowest BCUT2D eigenvalue weighted by molar-refractivity contribution is 1.37. The van der Waals surface area contributed by atoms with Gasteiger partial charge in [-0.3, -0.25) is 4.98 Å². The predicted molar refractivity (Wildman–Crippen MR) is 76.8 cm³/mol. The molecule has 1 heterocycles. The van der Waals surface area contributed by atoms with Crippen LogP contribution in [0.15, 0.2) is 67.0 Å². The summed E-state index contributed by atoms with van der Waals surface area (Å²) in [6, 6.07) is 19.5. The Bertz CT molecular complexity index is 734. The Morgan fingerprint density at radius 2 is 1.11 bits per heavy atom. The van der Waals surface area contributed by atoms with Gasteiger partial charge in [-0.05, 0) is 57.3 Å². The highest BCUT2D eigenvalue weighted by Gasteiger charge is 2.00. The number of hydrogen-bond acceptors (Lipinski definition) is 1. The van der Waals surface area contributed by atoms with Gasteiger partial charge in [0.05, 0.1) is 0 Å². The first kappa shape index (κ1) is 9.60. The van der Waals surface area contributed by atoms with Gasteiger partial charge in [-0.25, -0.2) is 0 Å². The molecule has 0 spiro atoms. The Kier molecular flexibility index (Phi) is 1.89. The smallest absolute Gasteiger partial charge is 0.0346 e. The van der Waals surface area contributed by atoms with Gasteiger partial charge >= 0.3 is 0 Å². The molecule has 0 atom stereocenters. The van der Waals surface area contributed by atoms with Crippen molar-refractivity contribution in [2.75, 3.05) is 0 Å². The van der Waals surface area contributed by atoms with Crippen LogP contribution >= 0.6 is 0 Å². The van der Waals surface area contributed by atoms with E-state index in [0.29, 0.717) is 0 Å². The molecule has 1 nitrogen and oxygen atoms in total.